The number of hydrogen-bond acceptors (Lipinski definition) is 7. The minimum atomic E-state index is -0.0547. The van der Waals surface area contributed by atoms with Gasteiger partial charge in [-0.05, 0) is 36.8 Å². The van der Waals surface area contributed by atoms with Crippen LogP contribution in [0, 0.1) is 0 Å². The molecular weight excluding hydrogens is 460 g/mol. The van der Waals surface area contributed by atoms with Gasteiger partial charge >= 0.3 is 0 Å². The van der Waals surface area contributed by atoms with E-state index in [1.54, 1.807) is 7.11 Å². The summed E-state index contributed by atoms with van der Waals surface area (Å²) >= 11 is 6.18. The van der Waals surface area contributed by atoms with E-state index < -0.39 is 0 Å². The van der Waals surface area contributed by atoms with Gasteiger partial charge in [0.25, 0.3) is 0 Å². The van der Waals surface area contributed by atoms with Crippen molar-refractivity contribution in [1.82, 2.24) is 15.5 Å². The molecule has 1 heterocycles. The number of nitrogens with zero attached hydrogens (tertiary/aromatic N) is 2. The molecule has 1 aromatic heterocycles. The number of halogens is 1. The number of thioether (sulfide) groups is 1. The molecule has 2 aromatic carbocycles. The SMILES string of the molecule is COc1cccc(Nc2nnc(SCC(=O)NC(C)c3ccc(Br)cc3)s2)c1. The summed E-state index contributed by atoms with van der Waals surface area (Å²) in [7, 11) is 1.63. The fourth-order valence-corrected chi connectivity index (χ4v) is 4.24. The third kappa shape index (κ3) is 5.95. The fourth-order valence-electron chi connectivity index (χ4n) is 2.39. The molecule has 1 unspecified atom stereocenters. The molecule has 3 rings (SSSR count). The molecule has 0 saturated heterocycles. The number of ether oxygens (including phenoxy) is 1. The van der Waals surface area contributed by atoms with E-state index in [1.807, 2.05) is 55.5 Å². The van der Waals surface area contributed by atoms with Crippen LogP contribution in [-0.4, -0.2) is 29.0 Å². The first-order valence-corrected chi connectivity index (χ1v) is 11.0. The second-order valence-corrected chi connectivity index (χ2v) is 8.98. The van der Waals surface area contributed by atoms with Crippen LogP contribution in [0.1, 0.15) is 18.5 Å². The first-order valence-electron chi connectivity index (χ1n) is 8.45. The van der Waals surface area contributed by atoms with E-state index in [-0.39, 0.29) is 17.7 Å². The van der Waals surface area contributed by atoms with Gasteiger partial charge in [-0.1, -0.05) is 57.2 Å². The summed E-state index contributed by atoms with van der Waals surface area (Å²) in [5.74, 6) is 1.01. The number of carbonyl (C=O) groups is 1. The Morgan fingerprint density at radius 1 is 1.25 bits per heavy atom. The Balaban J connectivity index is 1.49. The van der Waals surface area contributed by atoms with Gasteiger partial charge in [0.1, 0.15) is 5.75 Å². The van der Waals surface area contributed by atoms with Gasteiger partial charge in [-0.15, -0.1) is 10.2 Å². The lowest BCUT2D eigenvalue weighted by Crippen LogP contribution is -2.28. The summed E-state index contributed by atoms with van der Waals surface area (Å²) in [6, 6.07) is 15.4. The summed E-state index contributed by atoms with van der Waals surface area (Å²) in [4.78, 5) is 12.2. The van der Waals surface area contributed by atoms with Crippen molar-refractivity contribution in [2.45, 2.75) is 17.3 Å². The maximum Gasteiger partial charge on any atom is 0.230 e. The summed E-state index contributed by atoms with van der Waals surface area (Å²) in [5.41, 5.74) is 1.93. The summed E-state index contributed by atoms with van der Waals surface area (Å²) in [6.45, 7) is 1.97. The minimum absolute atomic E-state index is 0.0436. The lowest BCUT2D eigenvalue weighted by molar-refractivity contribution is -0.119. The predicted molar refractivity (Wildman–Crippen MR) is 118 cm³/mol. The molecule has 1 amide bonds. The number of amides is 1. The second-order valence-electron chi connectivity index (χ2n) is 5.86. The van der Waals surface area contributed by atoms with Gasteiger partial charge in [0, 0.05) is 16.2 Å². The molecule has 0 radical (unpaired) electrons. The largest absolute Gasteiger partial charge is 0.497 e. The van der Waals surface area contributed by atoms with Gasteiger partial charge in [0.05, 0.1) is 18.9 Å². The molecule has 28 heavy (non-hydrogen) atoms. The van der Waals surface area contributed by atoms with E-state index in [9.17, 15) is 4.79 Å². The number of hydrogen-bond donors (Lipinski definition) is 2. The lowest BCUT2D eigenvalue weighted by Gasteiger charge is -2.14. The Labute approximate surface area is 180 Å². The molecule has 2 N–H and O–H groups in total. The monoisotopic (exact) mass is 478 g/mol. The van der Waals surface area contributed by atoms with Gasteiger partial charge in [-0.2, -0.15) is 0 Å². The highest BCUT2D eigenvalue weighted by atomic mass is 79.9. The number of aromatic nitrogens is 2. The average Bonchev–Trinajstić information content (AvgIpc) is 3.14. The van der Waals surface area contributed by atoms with Crippen LogP contribution >= 0.6 is 39.0 Å². The molecule has 0 bridgehead atoms. The molecule has 0 aliphatic heterocycles. The van der Waals surface area contributed by atoms with Crippen molar-refractivity contribution in [1.29, 1.82) is 0 Å². The van der Waals surface area contributed by atoms with E-state index >= 15 is 0 Å². The number of carbonyl (C=O) groups excluding carboxylic acids is 1. The molecule has 6 nitrogen and oxygen atoms in total. The smallest absolute Gasteiger partial charge is 0.230 e. The molecule has 3 aromatic rings. The van der Waals surface area contributed by atoms with Gasteiger partial charge in [0.2, 0.25) is 11.0 Å². The van der Waals surface area contributed by atoms with Crippen LogP contribution in [0.15, 0.2) is 57.3 Å². The van der Waals surface area contributed by atoms with E-state index in [0.29, 0.717) is 5.13 Å². The van der Waals surface area contributed by atoms with Crippen LogP contribution < -0.4 is 15.4 Å². The molecule has 0 spiro atoms. The first-order chi connectivity index (χ1) is 13.5. The van der Waals surface area contributed by atoms with Gasteiger partial charge in [-0.3, -0.25) is 4.79 Å². The summed E-state index contributed by atoms with van der Waals surface area (Å²) in [5, 5.41) is 15.1. The highest BCUT2D eigenvalue weighted by Gasteiger charge is 2.12. The van der Waals surface area contributed by atoms with Crippen molar-refractivity contribution in [2.75, 3.05) is 18.2 Å². The zero-order chi connectivity index (χ0) is 19.9. The van der Waals surface area contributed by atoms with E-state index in [0.717, 1.165) is 25.8 Å². The number of methoxy groups -OCH3 is 1. The van der Waals surface area contributed by atoms with E-state index in [2.05, 4.69) is 36.8 Å². The standard InChI is InChI=1S/C19H19BrN4O2S2/c1-12(13-6-8-14(20)9-7-13)21-17(25)11-27-19-24-23-18(28-19)22-15-4-3-5-16(10-15)26-2/h3-10,12H,11H2,1-2H3,(H,21,25)(H,22,23). The maximum absolute atomic E-state index is 12.2. The quantitative estimate of drug-likeness (QED) is 0.442. The number of nitrogens with one attached hydrogen (secondary N) is 2. The van der Waals surface area contributed by atoms with Crippen LogP contribution in [0.5, 0.6) is 5.75 Å². The van der Waals surface area contributed by atoms with Crippen LogP contribution in [0.3, 0.4) is 0 Å². The average molecular weight is 479 g/mol. The van der Waals surface area contributed by atoms with Crippen molar-refractivity contribution in [3.63, 3.8) is 0 Å². The van der Waals surface area contributed by atoms with Crippen molar-refractivity contribution >= 4 is 55.8 Å². The van der Waals surface area contributed by atoms with Crippen molar-refractivity contribution in [3.8, 4) is 5.75 Å². The number of rotatable bonds is 8. The van der Waals surface area contributed by atoms with Gasteiger partial charge in [0.15, 0.2) is 4.34 Å². The zero-order valence-electron chi connectivity index (χ0n) is 15.3. The first kappa shape index (κ1) is 20.6. The van der Waals surface area contributed by atoms with Gasteiger partial charge in [-0.25, -0.2) is 0 Å². The van der Waals surface area contributed by atoms with Crippen LogP contribution in [0.2, 0.25) is 0 Å². The highest BCUT2D eigenvalue weighted by Crippen LogP contribution is 2.28. The molecule has 0 saturated carbocycles. The number of anilines is 2. The van der Waals surface area contributed by atoms with E-state index in [4.69, 9.17) is 4.74 Å². The maximum atomic E-state index is 12.2. The fraction of sp³-hybridized carbons (Fsp3) is 0.211. The van der Waals surface area contributed by atoms with Crippen LogP contribution in [-0.2, 0) is 4.79 Å². The topological polar surface area (TPSA) is 76.1 Å². The second kappa shape index (κ2) is 9.90. The van der Waals surface area contributed by atoms with Gasteiger partial charge < -0.3 is 15.4 Å². The Morgan fingerprint density at radius 3 is 2.79 bits per heavy atom. The molecular formula is C19H19BrN4O2S2. The Bertz CT molecular complexity index is 934. The zero-order valence-corrected chi connectivity index (χ0v) is 18.5. The predicted octanol–water partition coefficient (Wildman–Crippen LogP) is 5.02. The molecule has 146 valence electrons. The van der Waals surface area contributed by atoms with Crippen LogP contribution in [0.4, 0.5) is 10.8 Å². The van der Waals surface area contributed by atoms with Crippen molar-refractivity contribution in [2.24, 2.45) is 0 Å². The third-order valence-corrected chi connectivity index (χ3v) is 6.30. The lowest BCUT2D eigenvalue weighted by atomic mass is 10.1. The Kier molecular flexibility index (Phi) is 7.30. The third-order valence-electron chi connectivity index (χ3n) is 3.80. The molecule has 1 atom stereocenters. The molecule has 0 aliphatic carbocycles. The minimum Gasteiger partial charge on any atom is -0.497 e. The molecule has 0 fully saturated rings. The molecule has 9 heteroatoms. The summed E-state index contributed by atoms with van der Waals surface area (Å²) < 4.78 is 6.96. The highest BCUT2D eigenvalue weighted by molar-refractivity contribution is 9.10. The molecule has 0 aliphatic rings. The number of benzene rings is 2. The Hall–Kier alpha value is -2.10. The van der Waals surface area contributed by atoms with E-state index in [1.165, 1.54) is 23.1 Å². The summed E-state index contributed by atoms with van der Waals surface area (Å²) in [6.07, 6.45) is 0. The van der Waals surface area contributed by atoms with Crippen molar-refractivity contribution < 1.29 is 9.53 Å². The Morgan fingerprint density at radius 2 is 2.04 bits per heavy atom. The van der Waals surface area contributed by atoms with Crippen LogP contribution in [0.25, 0.3) is 0 Å². The normalized spacial score (nSPS) is 11.7. The van der Waals surface area contributed by atoms with Crippen molar-refractivity contribution in [3.05, 3.63) is 58.6 Å².